The van der Waals surface area contributed by atoms with Crippen LogP contribution in [-0.2, 0) is 9.53 Å². The second kappa shape index (κ2) is 8.14. The Morgan fingerprint density at radius 3 is 2.19 bits per heavy atom. The van der Waals surface area contributed by atoms with E-state index in [0.29, 0.717) is 38.9 Å². The highest BCUT2D eigenvalue weighted by atomic mass is 16.6. The number of hydrogen-bond donors (Lipinski definition) is 2. The van der Waals surface area contributed by atoms with E-state index >= 15 is 0 Å². The Labute approximate surface area is 155 Å². The number of ether oxygens (including phenoxy) is 1. The van der Waals surface area contributed by atoms with E-state index in [4.69, 9.17) is 4.74 Å². The molecule has 0 aromatic rings. The fourth-order valence-electron chi connectivity index (χ4n) is 3.27. The van der Waals surface area contributed by atoms with Gasteiger partial charge in [-0.05, 0) is 47.5 Å². The average molecular weight is 368 g/mol. The first-order valence-corrected chi connectivity index (χ1v) is 9.39. The van der Waals surface area contributed by atoms with Gasteiger partial charge in [0.2, 0.25) is 5.91 Å². The van der Waals surface area contributed by atoms with Crippen molar-refractivity contribution < 1.29 is 19.1 Å². The third kappa shape index (κ3) is 5.78. The lowest BCUT2D eigenvalue weighted by atomic mass is 10.1. The number of carbonyl (C=O) groups is 3. The molecule has 148 valence electrons. The molecule has 2 N–H and O–H groups in total. The number of carbonyl (C=O) groups excluding carboxylic acids is 3. The molecule has 2 heterocycles. The minimum Gasteiger partial charge on any atom is -0.444 e. The van der Waals surface area contributed by atoms with E-state index in [0.717, 1.165) is 0 Å². The molecule has 2 aliphatic rings. The third-order valence-electron chi connectivity index (χ3n) is 4.60. The minimum atomic E-state index is -0.505. The molecule has 0 aromatic carbocycles. The summed E-state index contributed by atoms with van der Waals surface area (Å²) in [4.78, 5) is 39.6. The monoisotopic (exact) mass is 368 g/mol. The van der Waals surface area contributed by atoms with Crippen molar-refractivity contribution in [3.63, 3.8) is 0 Å². The number of likely N-dealkylation sites (tertiary alicyclic amines) is 2. The van der Waals surface area contributed by atoms with E-state index in [2.05, 4.69) is 10.6 Å². The van der Waals surface area contributed by atoms with Crippen molar-refractivity contribution in [3.05, 3.63) is 0 Å². The van der Waals surface area contributed by atoms with Crippen LogP contribution in [0.4, 0.5) is 9.59 Å². The molecule has 0 radical (unpaired) electrons. The van der Waals surface area contributed by atoms with Crippen LogP contribution in [0.3, 0.4) is 0 Å². The predicted octanol–water partition coefficient (Wildman–Crippen LogP) is 1.69. The summed E-state index contributed by atoms with van der Waals surface area (Å²) in [5.74, 6) is 0.0796. The maximum atomic E-state index is 12.2. The van der Waals surface area contributed by atoms with Crippen molar-refractivity contribution in [1.29, 1.82) is 0 Å². The Bertz CT molecular complexity index is 536. The lowest BCUT2D eigenvalue weighted by Gasteiger charge is -2.33. The van der Waals surface area contributed by atoms with Crippen molar-refractivity contribution in [2.45, 2.75) is 77.6 Å². The first-order valence-electron chi connectivity index (χ1n) is 9.39. The zero-order valence-electron chi connectivity index (χ0n) is 16.5. The zero-order chi connectivity index (χ0) is 19.5. The van der Waals surface area contributed by atoms with Gasteiger partial charge in [-0.15, -0.1) is 0 Å². The molecule has 2 aliphatic heterocycles. The van der Waals surface area contributed by atoms with Gasteiger partial charge in [0.25, 0.3) is 0 Å². The van der Waals surface area contributed by atoms with Crippen molar-refractivity contribution in [3.8, 4) is 0 Å². The average Bonchev–Trinajstić information content (AvgIpc) is 2.86. The van der Waals surface area contributed by atoms with Gasteiger partial charge in [-0.2, -0.15) is 0 Å². The van der Waals surface area contributed by atoms with E-state index in [1.165, 1.54) is 0 Å². The molecule has 0 spiro atoms. The highest BCUT2D eigenvalue weighted by molar-refractivity contribution is 5.82. The van der Waals surface area contributed by atoms with Crippen LogP contribution >= 0.6 is 0 Å². The normalized spacial score (nSPS) is 21.9. The van der Waals surface area contributed by atoms with Crippen LogP contribution in [0.1, 0.15) is 53.9 Å². The predicted molar refractivity (Wildman–Crippen MR) is 97.8 cm³/mol. The molecule has 8 heteroatoms. The van der Waals surface area contributed by atoms with Gasteiger partial charge in [0.15, 0.2) is 0 Å². The summed E-state index contributed by atoms with van der Waals surface area (Å²) in [7, 11) is 0. The smallest absolute Gasteiger partial charge is 0.410 e. The summed E-state index contributed by atoms with van der Waals surface area (Å²) < 4.78 is 5.37. The zero-order valence-corrected chi connectivity index (χ0v) is 16.5. The summed E-state index contributed by atoms with van der Waals surface area (Å²) in [5, 5.41) is 5.84. The first-order chi connectivity index (χ1) is 12.0. The van der Waals surface area contributed by atoms with E-state index in [-0.39, 0.29) is 36.2 Å². The minimum absolute atomic E-state index is 0.0204. The molecule has 0 aromatic heterocycles. The summed E-state index contributed by atoms with van der Waals surface area (Å²) in [6, 6.07) is -0.225. The van der Waals surface area contributed by atoms with Gasteiger partial charge in [0, 0.05) is 38.1 Å². The molecule has 0 aliphatic carbocycles. The standard InChI is InChI=1S/C18H32N4O4/c1-12(2)22-11-14(10-15(22)23)20-16(24)19-13-6-8-21(9-7-13)17(25)26-18(3,4)5/h12-14H,6-11H2,1-5H3,(H2,19,20,24). The summed E-state index contributed by atoms with van der Waals surface area (Å²) in [6.45, 7) is 11.2. The summed E-state index contributed by atoms with van der Waals surface area (Å²) in [6.07, 6.45) is 1.42. The Balaban J connectivity index is 1.72. The van der Waals surface area contributed by atoms with Crippen LogP contribution in [0, 0.1) is 0 Å². The Morgan fingerprint density at radius 2 is 1.69 bits per heavy atom. The summed E-state index contributed by atoms with van der Waals surface area (Å²) in [5.41, 5.74) is -0.505. The second-order valence-electron chi connectivity index (χ2n) is 8.40. The van der Waals surface area contributed by atoms with Crippen LogP contribution in [0.2, 0.25) is 0 Å². The SMILES string of the molecule is CC(C)N1CC(NC(=O)NC2CCN(C(=O)OC(C)(C)C)CC2)CC1=O. The number of nitrogens with zero attached hydrogens (tertiary/aromatic N) is 2. The van der Waals surface area contributed by atoms with Crippen LogP contribution < -0.4 is 10.6 Å². The number of hydrogen-bond acceptors (Lipinski definition) is 4. The Morgan fingerprint density at radius 1 is 1.12 bits per heavy atom. The van der Waals surface area contributed by atoms with Gasteiger partial charge in [-0.3, -0.25) is 4.79 Å². The molecular weight excluding hydrogens is 336 g/mol. The molecular formula is C18H32N4O4. The Kier molecular flexibility index (Phi) is 6.36. The van der Waals surface area contributed by atoms with Crippen LogP contribution in [0.5, 0.6) is 0 Å². The van der Waals surface area contributed by atoms with Crippen molar-refractivity contribution in [2.24, 2.45) is 0 Å². The van der Waals surface area contributed by atoms with Gasteiger partial charge in [0.1, 0.15) is 5.60 Å². The van der Waals surface area contributed by atoms with Crippen LogP contribution in [0.15, 0.2) is 0 Å². The summed E-state index contributed by atoms with van der Waals surface area (Å²) >= 11 is 0. The topological polar surface area (TPSA) is 91.0 Å². The third-order valence-corrected chi connectivity index (χ3v) is 4.60. The molecule has 8 nitrogen and oxygen atoms in total. The van der Waals surface area contributed by atoms with E-state index < -0.39 is 5.60 Å². The molecule has 4 amide bonds. The lowest BCUT2D eigenvalue weighted by molar-refractivity contribution is -0.129. The van der Waals surface area contributed by atoms with Crippen molar-refractivity contribution in [2.75, 3.05) is 19.6 Å². The van der Waals surface area contributed by atoms with Crippen molar-refractivity contribution in [1.82, 2.24) is 20.4 Å². The number of nitrogens with one attached hydrogen (secondary N) is 2. The largest absolute Gasteiger partial charge is 0.444 e. The Hall–Kier alpha value is -1.99. The second-order valence-corrected chi connectivity index (χ2v) is 8.40. The van der Waals surface area contributed by atoms with Crippen LogP contribution in [-0.4, -0.2) is 71.2 Å². The number of urea groups is 1. The lowest BCUT2D eigenvalue weighted by Crippen LogP contribution is -2.51. The van der Waals surface area contributed by atoms with Gasteiger partial charge in [0.05, 0.1) is 6.04 Å². The fourth-order valence-corrected chi connectivity index (χ4v) is 3.27. The highest BCUT2D eigenvalue weighted by Gasteiger charge is 2.33. The van der Waals surface area contributed by atoms with E-state index in [9.17, 15) is 14.4 Å². The number of amides is 4. The molecule has 0 saturated carbocycles. The fraction of sp³-hybridized carbons (Fsp3) is 0.833. The maximum absolute atomic E-state index is 12.2. The molecule has 0 bridgehead atoms. The van der Waals surface area contributed by atoms with E-state index in [1.807, 2.05) is 34.6 Å². The van der Waals surface area contributed by atoms with E-state index in [1.54, 1.807) is 9.80 Å². The van der Waals surface area contributed by atoms with Crippen LogP contribution in [0.25, 0.3) is 0 Å². The number of rotatable bonds is 3. The molecule has 2 fully saturated rings. The molecule has 2 rings (SSSR count). The maximum Gasteiger partial charge on any atom is 0.410 e. The molecule has 1 atom stereocenters. The quantitative estimate of drug-likeness (QED) is 0.793. The molecule has 2 saturated heterocycles. The highest BCUT2D eigenvalue weighted by Crippen LogP contribution is 2.16. The van der Waals surface area contributed by atoms with Gasteiger partial charge in [-0.25, -0.2) is 9.59 Å². The first kappa shape index (κ1) is 20.3. The van der Waals surface area contributed by atoms with Gasteiger partial charge in [-0.1, -0.05) is 0 Å². The van der Waals surface area contributed by atoms with Gasteiger partial charge < -0.3 is 25.2 Å². The van der Waals surface area contributed by atoms with Gasteiger partial charge >= 0.3 is 12.1 Å². The molecule has 26 heavy (non-hydrogen) atoms. The number of piperidine rings is 1. The molecule has 1 unspecified atom stereocenters. The van der Waals surface area contributed by atoms with Crippen molar-refractivity contribution >= 4 is 18.0 Å².